The molecule has 0 saturated heterocycles. The number of hydrogen-bond donors (Lipinski definition) is 1. The van der Waals surface area contributed by atoms with Crippen LogP contribution in [-0.4, -0.2) is 21.6 Å². The SMILES string of the molecule is CC[C@@](C)(C(=O)O)N(c1ccccc1)c1cccnc1. The van der Waals surface area contributed by atoms with Gasteiger partial charge in [0.2, 0.25) is 0 Å². The highest BCUT2D eigenvalue weighted by atomic mass is 16.4. The van der Waals surface area contributed by atoms with E-state index >= 15 is 0 Å². The Hall–Kier alpha value is -2.36. The van der Waals surface area contributed by atoms with Crippen LogP contribution in [0.3, 0.4) is 0 Å². The fourth-order valence-corrected chi connectivity index (χ4v) is 2.19. The van der Waals surface area contributed by atoms with E-state index in [9.17, 15) is 9.90 Å². The van der Waals surface area contributed by atoms with Crippen LogP contribution in [0.4, 0.5) is 11.4 Å². The lowest BCUT2D eigenvalue weighted by Crippen LogP contribution is -2.49. The van der Waals surface area contributed by atoms with E-state index in [0.717, 1.165) is 11.4 Å². The summed E-state index contributed by atoms with van der Waals surface area (Å²) in [5, 5.41) is 9.66. The molecule has 0 saturated carbocycles. The molecule has 104 valence electrons. The van der Waals surface area contributed by atoms with Crippen LogP contribution in [0.1, 0.15) is 20.3 Å². The molecule has 0 spiro atoms. The number of nitrogens with zero attached hydrogens (tertiary/aromatic N) is 2. The third kappa shape index (κ3) is 2.50. The Morgan fingerprint density at radius 1 is 1.20 bits per heavy atom. The summed E-state index contributed by atoms with van der Waals surface area (Å²) in [4.78, 5) is 17.7. The van der Waals surface area contributed by atoms with E-state index in [4.69, 9.17) is 0 Å². The smallest absolute Gasteiger partial charge is 0.329 e. The Bertz CT molecular complexity index is 532. The molecule has 1 atom stereocenters. The maximum atomic E-state index is 11.8. The number of aromatic nitrogens is 1. The molecule has 0 bridgehead atoms. The van der Waals surface area contributed by atoms with Crippen LogP contribution in [0.2, 0.25) is 0 Å². The van der Waals surface area contributed by atoms with Crippen molar-refractivity contribution in [2.75, 3.05) is 4.90 Å². The predicted molar refractivity (Wildman–Crippen MR) is 79.1 cm³/mol. The Kier molecular flexibility index (Phi) is 4.03. The summed E-state index contributed by atoms with van der Waals surface area (Å²) in [5.74, 6) is -0.854. The van der Waals surface area contributed by atoms with Gasteiger partial charge in [0.05, 0.1) is 11.9 Å². The summed E-state index contributed by atoms with van der Waals surface area (Å²) in [6.45, 7) is 3.61. The lowest BCUT2D eigenvalue weighted by Gasteiger charge is -2.39. The van der Waals surface area contributed by atoms with Gasteiger partial charge < -0.3 is 10.0 Å². The van der Waals surface area contributed by atoms with Crippen LogP contribution in [-0.2, 0) is 4.79 Å². The summed E-state index contributed by atoms with van der Waals surface area (Å²) in [6, 6.07) is 13.2. The minimum atomic E-state index is -1.02. The topological polar surface area (TPSA) is 53.4 Å². The number of pyridine rings is 1. The van der Waals surface area contributed by atoms with Crippen LogP contribution in [0.25, 0.3) is 0 Å². The first kappa shape index (κ1) is 14.1. The molecule has 0 aliphatic rings. The molecule has 1 N–H and O–H groups in total. The number of anilines is 2. The van der Waals surface area contributed by atoms with Crippen molar-refractivity contribution < 1.29 is 9.90 Å². The fourth-order valence-electron chi connectivity index (χ4n) is 2.19. The largest absolute Gasteiger partial charge is 0.479 e. The van der Waals surface area contributed by atoms with E-state index in [-0.39, 0.29) is 0 Å². The zero-order valence-electron chi connectivity index (χ0n) is 11.7. The molecule has 0 radical (unpaired) electrons. The number of aliphatic carboxylic acids is 1. The normalized spacial score (nSPS) is 13.5. The van der Waals surface area contributed by atoms with Crippen LogP contribution < -0.4 is 4.90 Å². The molecule has 1 aromatic heterocycles. The number of rotatable bonds is 5. The Morgan fingerprint density at radius 2 is 1.85 bits per heavy atom. The number of carbonyl (C=O) groups is 1. The van der Waals surface area contributed by atoms with E-state index in [0.29, 0.717) is 6.42 Å². The van der Waals surface area contributed by atoms with Gasteiger partial charge in [0.15, 0.2) is 0 Å². The second-order valence-electron chi connectivity index (χ2n) is 4.81. The Labute approximate surface area is 118 Å². The molecule has 2 aromatic rings. The Morgan fingerprint density at radius 3 is 2.35 bits per heavy atom. The van der Waals surface area contributed by atoms with Crippen molar-refractivity contribution in [3.63, 3.8) is 0 Å². The molecular formula is C16H18N2O2. The molecule has 4 heteroatoms. The predicted octanol–water partition coefficient (Wildman–Crippen LogP) is 3.47. The molecule has 2 rings (SSSR count). The quantitative estimate of drug-likeness (QED) is 0.903. The maximum absolute atomic E-state index is 11.8. The van der Waals surface area contributed by atoms with Crippen molar-refractivity contribution in [3.05, 3.63) is 54.9 Å². The summed E-state index contributed by atoms with van der Waals surface area (Å²) >= 11 is 0. The zero-order chi connectivity index (χ0) is 14.6. The van der Waals surface area contributed by atoms with Gasteiger partial charge in [-0.2, -0.15) is 0 Å². The van der Waals surface area contributed by atoms with E-state index in [2.05, 4.69) is 4.98 Å². The van der Waals surface area contributed by atoms with Crippen LogP contribution in [0.15, 0.2) is 54.9 Å². The molecule has 0 amide bonds. The summed E-state index contributed by atoms with van der Waals surface area (Å²) < 4.78 is 0. The minimum Gasteiger partial charge on any atom is -0.479 e. The van der Waals surface area contributed by atoms with E-state index in [1.54, 1.807) is 19.3 Å². The number of para-hydroxylation sites is 1. The summed E-state index contributed by atoms with van der Waals surface area (Å²) in [7, 11) is 0. The molecule has 0 unspecified atom stereocenters. The molecule has 4 nitrogen and oxygen atoms in total. The van der Waals surface area contributed by atoms with Gasteiger partial charge in [-0.1, -0.05) is 25.1 Å². The molecule has 20 heavy (non-hydrogen) atoms. The minimum absolute atomic E-state index is 0.478. The first-order valence-corrected chi connectivity index (χ1v) is 6.58. The lowest BCUT2D eigenvalue weighted by atomic mass is 9.95. The van der Waals surface area contributed by atoms with Gasteiger partial charge in [-0.15, -0.1) is 0 Å². The van der Waals surface area contributed by atoms with Gasteiger partial charge in [0.25, 0.3) is 0 Å². The van der Waals surface area contributed by atoms with Gasteiger partial charge in [-0.25, -0.2) is 4.79 Å². The molecule has 0 fully saturated rings. The third-order valence-electron chi connectivity index (χ3n) is 3.56. The van der Waals surface area contributed by atoms with Crippen molar-refractivity contribution in [1.82, 2.24) is 4.98 Å². The highest BCUT2D eigenvalue weighted by molar-refractivity contribution is 5.86. The molecule has 1 aromatic carbocycles. The molecular weight excluding hydrogens is 252 g/mol. The van der Waals surface area contributed by atoms with E-state index in [1.807, 2.05) is 54.3 Å². The average molecular weight is 270 g/mol. The standard InChI is InChI=1S/C16H18N2O2/c1-3-16(2,15(19)20)18(13-8-5-4-6-9-13)14-10-7-11-17-12-14/h4-12H,3H2,1-2H3,(H,19,20)/t16-/m0/s1. The number of carboxylic acid groups (broad SMARTS) is 1. The highest BCUT2D eigenvalue weighted by Gasteiger charge is 2.39. The van der Waals surface area contributed by atoms with Crippen LogP contribution in [0.5, 0.6) is 0 Å². The average Bonchev–Trinajstić information content (AvgIpc) is 2.49. The number of hydrogen-bond acceptors (Lipinski definition) is 3. The van der Waals surface area contributed by atoms with Gasteiger partial charge in [0.1, 0.15) is 5.54 Å². The number of carboxylic acids is 1. The van der Waals surface area contributed by atoms with Gasteiger partial charge in [0, 0.05) is 11.9 Å². The van der Waals surface area contributed by atoms with Gasteiger partial charge >= 0.3 is 5.97 Å². The second kappa shape index (κ2) is 5.74. The first-order chi connectivity index (χ1) is 9.59. The van der Waals surface area contributed by atoms with E-state index in [1.165, 1.54) is 0 Å². The molecule has 0 aliphatic heterocycles. The molecule has 1 heterocycles. The monoisotopic (exact) mass is 270 g/mol. The zero-order valence-corrected chi connectivity index (χ0v) is 11.7. The Balaban J connectivity index is 2.59. The van der Waals surface area contributed by atoms with Crippen molar-refractivity contribution in [2.24, 2.45) is 0 Å². The maximum Gasteiger partial charge on any atom is 0.329 e. The van der Waals surface area contributed by atoms with Crippen molar-refractivity contribution >= 4 is 17.3 Å². The van der Waals surface area contributed by atoms with Crippen molar-refractivity contribution in [3.8, 4) is 0 Å². The fraction of sp³-hybridized carbons (Fsp3) is 0.250. The van der Waals surface area contributed by atoms with Crippen molar-refractivity contribution in [2.45, 2.75) is 25.8 Å². The van der Waals surface area contributed by atoms with Crippen molar-refractivity contribution in [1.29, 1.82) is 0 Å². The lowest BCUT2D eigenvalue weighted by molar-refractivity contribution is -0.142. The van der Waals surface area contributed by atoms with Crippen LogP contribution >= 0.6 is 0 Å². The third-order valence-corrected chi connectivity index (χ3v) is 3.56. The second-order valence-corrected chi connectivity index (χ2v) is 4.81. The van der Waals surface area contributed by atoms with Gasteiger partial charge in [-0.05, 0) is 37.6 Å². The van der Waals surface area contributed by atoms with Gasteiger partial charge in [-0.3, -0.25) is 4.98 Å². The highest BCUT2D eigenvalue weighted by Crippen LogP contribution is 2.34. The number of benzene rings is 1. The summed E-state index contributed by atoms with van der Waals surface area (Å²) in [5.41, 5.74) is 0.586. The van der Waals surface area contributed by atoms with Crippen LogP contribution in [0, 0.1) is 0 Å². The first-order valence-electron chi connectivity index (χ1n) is 6.58. The molecule has 0 aliphatic carbocycles. The summed E-state index contributed by atoms with van der Waals surface area (Å²) in [6.07, 6.45) is 3.84. The van der Waals surface area contributed by atoms with E-state index < -0.39 is 11.5 Å².